The van der Waals surface area contributed by atoms with Crippen molar-refractivity contribution in [1.82, 2.24) is 0 Å². The van der Waals surface area contributed by atoms with Crippen LogP contribution in [0.4, 0.5) is 0 Å². The predicted molar refractivity (Wildman–Crippen MR) is 195 cm³/mol. The van der Waals surface area contributed by atoms with Gasteiger partial charge in [0.05, 0.1) is 0 Å². The SMILES string of the molecule is CCC1=Cc2c(-c3ccc(C(C)(C)C)cc3)cccc2[CH]1[Zr]([Cl])([Cl])([CH]1C(C)=Cc2c(-c3ccc(C)cc3)cccc21)[SiH](C)C. The van der Waals surface area contributed by atoms with Crippen LogP contribution in [-0.4, -0.2) is 5.92 Å². The summed E-state index contributed by atoms with van der Waals surface area (Å²) in [4.78, 5) is 0. The summed E-state index contributed by atoms with van der Waals surface area (Å²) in [6.07, 6.45) is 5.82. The van der Waals surface area contributed by atoms with Gasteiger partial charge in [0.25, 0.3) is 0 Å². The van der Waals surface area contributed by atoms with Crippen molar-refractivity contribution in [2.24, 2.45) is 0 Å². The Morgan fingerprint density at radius 1 is 0.682 bits per heavy atom. The van der Waals surface area contributed by atoms with E-state index < -0.39 is 21.5 Å². The molecule has 227 valence electrons. The Morgan fingerprint density at radius 2 is 1.18 bits per heavy atom. The average molecular weight is 716 g/mol. The van der Waals surface area contributed by atoms with Gasteiger partial charge in [-0.3, -0.25) is 0 Å². The zero-order chi connectivity index (χ0) is 31.6. The average Bonchev–Trinajstić information content (AvgIpc) is 3.55. The quantitative estimate of drug-likeness (QED) is 0.174. The first-order chi connectivity index (χ1) is 20.7. The molecular formula is C40H45Cl2SiZr. The molecule has 0 bridgehead atoms. The van der Waals surface area contributed by atoms with E-state index in [1.54, 1.807) is 0 Å². The molecule has 4 aromatic rings. The molecule has 0 aromatic heterocycles. The van der Waals surface area contributed by atoms with Crippen LogP contribution in [0.1, 0.15) is 81.7 Å². The van der Waals surface area contributed by atoms with Crippen LogP contribution in [-0.2, 0) is 21.0 Å². The molecule has 6 rings (SSSR count). The van der Waals surface area contributed by atoms with Crippen molar-refractivity contribution >= 4 is 35.1 Å². The molecule has 2 aliphatic rings. The van der Waals surface area contributed by atoms with Gasteiger partial charge in [0.15, 0.2) is 0 Å². The van der Waals surface area contributed by atoms with E-state index >= 15 is 0 Å². The number of benzene rings is 4. The number of rotatable bonds is 6. The van der Waals surface area contributed by atoms with Gasteiger partial charge >= 0.3 is 276 Å². The first-order valence-electron chi connectivity index (χ1n) is 16.1. The molecule has 0 saturated carbocycles. The van der Waals surface area contributed by atoms with E-state index in [0.29, 0.717) is 0 Å². The molecule has 0 N–H and O–H groups in total. The number of hydrogen-bond acceptors (Lipinski definition) is 0. The van der Waals surface area contributed by atoms with Crippen LogP contribution in [0, 0.1) is 6.92 Å². The van der Waals surface area contributed by atoms with Crippen LogP contribution >= 0.6 is 17.0 Å². The van der Waals surface area contributed by atoms with Gasteiger partial charge in [-0.2, -0.15) is 0 Å². The van der Waals surface area contributed by atoms with Crippen LogP contribution in [0.5, 0.6) is 0 Å². The third kappa shape index (κ3) is 5.04. The van der Waals surface area contributed by atoms with Crippen molar-refractivity contribution in [2.45, 2.75) is 73.7 Å². The molecule has 2 aliphatic carbocycles. The molecule has 0 heterocycles. The van der Waals surface area contributed by atoms with Crippen molar-refractivity contribution in [3.8, 4) is 22.3 Å². The van der Waals surface area contributed by atoms with Gasteiger partial charge in [-0.15, -0.1) is 0 Å². The topological polar surface area (TPSA) is 0 Å². The summed E-state index contributed by atoms with van der Waals surface area (Å²) >= 11 is -4.72. The Bertz CT molecular complexity index is 1800. The molecule has 4 heteroatoms. The maximum atomic E-state index is 8.51. The number of hydrogen-bond donors (Lipinski definition) is 0. The maximum absolute atomic E-state index is 8.51. The Kier molecular flexibility index (Phi) is 8.28. The van der Waals surface area contributed by atoms with Crippen LogP contribution in [0.2, 0.25) is 13.1 Å². The van der Waals surface area contributed by atoms with Gasteiger partial charge < -0.3 is 0 Å². The van der Waals surface area contributed by atoms with E-state index in [0.717, 1.165) is 6.42 Å². The molecule has 0 spiro atoms. The van der Waals surface area contributed by atoms with Crippen LogP contribution < -0.4 is 0 Å². The summed E-state index contributed by atoms with van der Waals surface area (Å²) in [5.41, 5.74) is 15.9. The molecule has 2 unspecified atom stereocenters. The normalized spacial score (nSPS) is 18.8. The first kappa shape index (κ1) is 32.0. The molecule has 2 atom stereocenters. The van der Waals surface area contributed by atoms with Crippen molar-refractivity contribution in [3.63, 3.8) is 0 Å². The van der Waals surface area contributed by atoms with Crippen LogP contribution in [0.3, 0.4) is 0 Å². The first-order valence-corrected chi connectivity index (χ1v) is 32.5. The second-order valence-electron chi connectivity index (χ2n) is 14.5. The van der Waals surface area contributed by atoms with E-state index in [1.165, 1.54) is 66.8 Å². The van der Waals surface area contributed by atoms with E-state index in [9.17, 15) is 0 Å². The van der Waals surface area contributed by atoms with E-state index in [1.807, 2.05) is 0 Å². The van der Waals surface area contributed by atoms with Gasteiger partial charge in [0, 0.05) is 0 Å². The molecule has 0 aliphatic heterocycles. The van der Waals surface area contributed by atoms with Gasteiger partial charge in [-0.05, 0) is 0 Å². The predicted octanol–water partition coefficient (Wildman–Crippen LogP) is 12.6. The molecule has 44 heavy (non-hydrogen) atoms. The second kappa shape index (κ2) is 11.4. The fourth-order valence-electron chi connectivity index (χ4n) is 7.93. The van der Waals surface area contributed by atoms with Gasteiger partial charge in [-0.25, -0.2) is 0 Å². The van der Waals surface area contributed by atoms with Gasteiger partial charge in [0.1, 0.15) is 0 Å². The number of fused-ring (bicyclic) bond motifs is 2. The minimum atomic E-state index is -4.72. The second-order valence-corrected chi connectivity index (χ2v) is 57.0. The fourth-order valence-corrected chi connectivity index (χ4v) is 40.3. The van der Waals surface area contributed by atoms with Gasteiger partial charge in [-0.1, -0.05) is 0 Å². The Balaban J connectivity index is 1.52. The number of allylic oxidation sites excluding steroid dienone is 2. The molecular weight excluding hydrogens is 671 g/mol. The summed E-state index contributed by atoms with van der Waals surface area (Å²) < 4.78 is 0.218. The third-order valence-corrected chi connectivity index (χ3v) is 62.5. The summed E-state index contributed by atoms with van der Waals surface area (Å²) in [5, 5.41) is 0. The molecule has 0 fully saturated rings. The summed E-state index contributed by atoms with van der Waals surface area (Å²) in [5.74, 6) is -1.58. The van der Waals surface area contributed by atoms with Crippen molar-refractivity contribution in [1.29, 1.82) is 0 Å². The Morgan fingerprint density at radius 3 is 1.68 bits per heavy atom. The van der Waals surface area contributed by atoms with Crippen LogP contribution in [0.25, 0.3) is 34.4 Å². The van der Waals surface area contributed by atoms with E-state index in [2.05, 4.69) is 152 Å². The minimum absolute atomic E-state index is 0.104. The standard InChI is InChI=1S/C21H23.C17H15.C2H7Si.2ClH.Zr/c1-5-15-13-17-7-6-8-19(20(17)14-15)16-9-11-18(12-10-16)21(2,3)4;1-12-6-8-14(9-7-12)16-5-3-4-15-10-13(2)11-17(15)16;1-3-2;;;/h6-14H,5H2,1-4H3;3-11H,1-2H3;3H,1-2H3;2*1H;/q;;;;;+2/p-2. The molecule has 0 saturated heterocycles. The number of halogens is 2. The number of aryl methyl sites for hydroxylation is 1. The van der Waals surface area contributed by atoms with E-state index in [-0.39, 0.29) is 12.7 Å². The molecule has 0 amide bonds. The van der Waals surface area contributed by atoms with Crippen LogP contribution in [0.15, 0.2) is 96.1 Å². The van der Waals surface area contributed by atoms with Gasteiger partial charge in [0.2, 0.25) is 0 Å². The zero-order valence-corrected chi connectivity index (χ0v) is 32.6. The fraction of sp³-hybridized carbons (Fsp3) is 0.300. The summed E-state index contributed by atoms with van der Waals surface area (Å²) in [6, 6.07) is 31.7. The Labute approximate surface area is 274 Å². The third-order valence-electron chi connectivity index (χ3n) is 10.5. The van der Waals surface area contributed by atoms with Crippen molar-refractivity contribution < 1.29 is 15.6 Å². The van der Waals surface area contributed by atoms with Crippen molar-refractivity contribution in [3.05, 3.63) is 129 Å². The summed E-state index contributed by atoms with van der Waals surface area (Å²) in [7, 11) is 17.0. The molecule has 4 aromatic carbocycles. The molecule has 0 radical (unpaired) electrons. The van der Waals surface area contributed by atoms with Crippen molar-refractivity contribution in [2.75, 3.05) is 0 Å². The Hall–Kier alpha value is -1.96. The molecule has 0 nitrogen and oxygen atoms in total. The monoisotopic (exact) mass is 713 g/mol. The zero-order valence-electron chi connectivity index (χ0n) is 27.4. The van der Waals surface area contributed by atoms with E-state index in [4.69, 9.17) is 17.0 Å². The summed E-state index contributed by atoms with van der Waals surface area (Å²) in [6.45, 7) is 18.4.